The highest BCUT2D eigenvalue weighted by molar-refractivity contribution is 7.97. The van der Waals surface area contributed by atoms with Gasteiger partial charge in [0, 0.05) is 17.9 Å². The van der Waals surface area contributed by atoms with Gasteiger partial charge in [0.2, 0.25) is 0 Å². The van der Waals surface area contributed by atoms with Crippen molar-refractivity contribution in [2.24, 2.45) is 0 Å². The summed E-state index contributed by atoms with van der Waals surface area (Å²) < 4.78 is 13.4. The molecule has 2 aromatic rings. The van der Waals surface area contributed by atoms with E-state index in [1.165, 1.54) is 6.07 Å². The molecule has 0 bridgehead atoms. The van der Waals surface area contributed by atoms with Crippen LogP contribution in [0.4, 0.5) is 4.39 Å². The third-order valence-electron chi connectivity index (χ3n) is 3.19. The molecule has 110 valence electrons. The number of carbonyl (C=O) groups excluding carboxylic acids is 1. The number of aryl methyl sites for hydroxylation is 1. The summed E-state index contributed by atoms with van der Waals surface area (Å²) in [6.45, 7) is 2.04. The molecule has 2 aromatic carbocycles. The van der Waals surface area contributed by atoms with Crippen molar-refractivity contribution in [1.82, 2.24) is 5.32 Å². The summed E-state index contributed by atoms with van der Waals surface area (Å²) in [5.74, 6) is 0.493. The van der Waals surface area contributed by atoms with Crippen molar-refractivity contribution in [3.8, 4) is 0 Å². The zero-order valence-corrected chi connectivity index (χ0v) is 13.0. The maximum absolute atomic E-state index is 13.4. The Kier molecular flexibility index (Phi) is 5.39. The van der Waals surface area contributed by atoms with E-state index >= 15 is 0 Å². The van der Waals surface area contributed by atoms with Crippen LogP contribution >= 0.6 is 11.8 Å². The molecule has 2 nitrogen and oxygen atoms in total. The van der Waals surface area contributed by atoms with Gasteiger partial charge in [0.25, 0.3) is 5.91 Å². The maximum Gasteiger partial charge on any atom is 0.251 e. The molecule has 0 aliphatic carbocycles. The minimum absolute atomic E-state index is 0.140. The van der Waals surface area contributed by atoms with E-state index in [4.69, 9.17) is 0 Å². The molecule has 0 atom stereocenters. The van der Waals surface area contributed by atoms with Crippen molar-refractivity contribution in [2.45, 2.75) is 19.2 Å². The van der Waals surface area contributed by atoms with Gasteiger partial charge in [-0.25, -0.2) is 4.39 Å². The second-order valence-corrected chi connectivity index (χ2v) is 5.77. The molecule has 0 heterocycles. The minimum atomic E-state index is -0.247. The van der Waals surface area contributed by atoms with E-state index in [0.29, 0.717) is 17.7 Å². The topological polar surface area (TPSA) is 29.1 Å². The molecule has 0 aliphatic heterocycles. The average Bonchev–Trinajstić information content (AvgIpc) is 2.49. The number of nitrogens with one attached hydrogen (secondary N) is 1. The summed E-state index contributed by atoms with van der Waals surface area (Å²) in [7, 11) is 0. The lowest BCUT2D eigenvalue weighted by Gasteiger charge is -2.07. The van der Waals surface area contributed by atoms with E-state index < -0.39 is 0 Å². The van der Waals surface area contributed by atoms with Crippen molar-refractivity contribution in [1.29, 1.82) is 0 Å². The Bertz CT molecular complexity index is 642. The number of hydrogen-bond acceptors (Lipinski definition) is 2. The van der Waals surface area contributed by atoms with E-state index in [-0.39, 0.29) is 11.7 Å². The molecule has 21 heavy (non-hydrogen) atoms. The summed E-state index contributed by atoms with van der Waals surface area (Å²) in [6.07, 6.45) is 2.03. The molecule has 4 heteroatoms. The predicted molar refractivity (Wildman–Crippen MR) is 86.0 cm³/mol. The molecule has 0 spiro atoms. The van der Waals surface area contributed by atoms with Crippen LogP contribution in [0.1, 0.15) is 27.0 Å². The lowest BCUT2D eigenvalue weighted by Crippen LogP contribution is -2.22. The Balaban J connectivity index is 2.01. The summed E-state index contributed by atoms with van der Waals surface area (Å²) in [4.78, 5) is 12.1. The maximum atomic E-state index is 13.4. The van der Waals surface area contributed by atoms with E-state index in [1.54, 1.807) is 30.8 Å². The van der Waals surface area contributed by atoms with E-state index in [9.17, 15) is 9.18 Å². The van der Waals surface area contributed by atoms with Crippen LogP contribution in [0.15, 0.2) is 42.5 Å². The van der Waals surface area contributed by atoms with Crippen molar-refractivity contribution in [3.05, 3.63) is 70.5 Å². The number of amides is 1. The van der Waals surface area contributed by atoms with Crippen LogP contribution in [0.3, 0.4) is 0 Å². The van der Waals surface area contributed by atoms with Gasteiger partial charge in [0.1, 0.15) is 5.82 Å². The Morgan fingerprint density at radius 3 is 2.71 bits per heavy atom. The van der Waals surface area contributed by atoms with Gasteiger partial charge in [-0.15, -0.1) is 0 Å². The number of thioether (sulfide) groups is 1. The van der Waals surface area contributed by atoms with Crippen LogP contribution in [-0.4, -0.2) is 12.2 Å². The molecule has 0 fully saturated rings. The van der Waals surface area contributed by atoms with Gasteiger partial charge in [-0.2, -0.15) is 11.8 Å². The molecule has 0 radical (unpaired) electrons. The molecule has 0 aromatic heterocycles. The lowest BCUT2D eigenvalue weighted by atomic mass is 10.1. The smallest absolute Gasteiger partial charge is 0.251 e. The van der Waals surface area contributed by atoms with Crippen molar-refractivity contribution in [3.63, 3.8) is 0 Å². The Hall–Kier alpha value is -1.81. The molecule has 0 aliphatic rings. The quantitative estimate of drug-likeness (QED) is 0.907. The van der Waals surface area contributed by atoms with E-state index in [1.807, 2.05) is 30.5 Å². The standard InChI is InChI=1S/C17H18FNOS/c1-12-6-7-13(9-16(12)18)10-19-17(20)15-5-3-4-14(8-15)11-21-2/h3-9H,10-11H2,1-2H3,(H,19,20). The van der Waals surface area contributed by atoms with Crippen molar-refractivity contribution in [2.75, 3.05) is 6.26 Å². The normalized spacial score (nSPS) is 10.4. The second kappa shape index (κ2) is 7.27. The first-order chi connectivity index (χ1) is 10.1. The first-order valence-corrected chi connectivity index (χ1v) is 8.10. The Labute approximate surface area is 128 Å². The SMILES string of the molecule is CSCc1cccc(C(=O)NCc2ccc(C)c(F)c2)c1. The fourth-order valence-electron chi connectivity index (χ4n) is 2.00. The van der Waals surface area contributed by atoms with Gasteiger partial charge in [0.15, 0.2) is 0 Å². The fourth-order valence-corrected chi connectivity index (χ4v) is 2.51. The third-order valence-corrected chi connectivity index (χ3v) is 3.81. The number of halogens is 1. The fraction of sp³-hybridized carbons (Fsp3) is 0.235. The zero-order chi connectivity index (χ0) is 15.2. The van der Waals surface area contributed by atoms with Crippen LogP contribution in [-0.2, 0) is 12.3 Å². The van der Waals surface area contributed by atoms with Crippen LogP contribution in [0.25, 0.3) is 0 Å². The van der Waals surface area contributed by atoms with Crippen LogP contribution in [0, 0.1) is 12.7 Å². The molecule has 2 rings (SSSR count). The largest absolute Gasteiger partial charge is 0.348 e. The van der Waals surface area contributed by atoms with Gasteiger partial charge >= 0.3 is 0 Å². The van der Waals surface area contributed by atoms with Crippen LogP contribution in [0.5, 0.6) is 0 Å². The molecular weight excluding hydrogens is 285 g/mol. The first kappa shape index (κ1) is 15.6. The zero-order valence-electron chi connectivity index (χ0n) is 12.2. The van der Waals surface area contributed by atoms with Gasteiger partial charge < -0.3 is 5.32 Å². The van der Waals surface area contributed by atoms with Gasteiger partial charge in [0.05, 0.1) is 0 Å². The van der Waals surface area contributed by atoms with Crippen LogP contribution in [0.2, 0.25) is 0 Å². The number of hydrogen-bond donors (Lipinski definition) is 1. The molecular formula is C17H18FNOS. The van der Waals surface area contributed by atoms with Gasteiger partial charge in [-0.1, -0.05) is 24.3 Å². The van der Waals surface area contributed by atoms with E-state index in [0.717, 1.165) is 16.9 Å². The Morgan fingerprint density at radius 1 is 1.19 bits per heavy atom. The summed E-state index contributed by atoms with van der Waals surface area (Å²) >= 11 is 1.71. The highest BCUT2D eigenvalue weighted by atomic mass is 32.2. The number of benzene rings is 2. The molecule has 1 amide bonds. The highest BCUT2D eigenvalue weighted by Crippen LogP contribution is 2.12. The summed E-state index contributed by atoms with van der Waals surface area (Å²) in [6, 6.07) is 12.6. The highest BCUT2D eigenvalue weighted by Gasteiger charge is 2.07. The molecule has 0 saturated heterocycles. The molecule has 0 unspecified atom stereocenters. The Morgan fingerprint density at radius 2 is 2.00 bits per heavy atom. The van der Waals surface area contributed by atoms with Gasteiger partial charge in [-0.05, 0) is 48.1 Å². The van der Waals surface area contributed by atoms with E-state index in [2.05, 4.69) is 5.32 Å². The number of rotatable bonds is 5. The summed E-state index contributed by atoms with van der Waals surface area (Å²) in [5.41, 5.74) is 3.12. The molecule has 0 saturated carbocycles. The first-order valence-electron chi connectivity index (χ1n) is 6.71. The van der Waals surface area contributed by atoms with Crippen molar-refractivity contribution >= 4 is 17.7 Å². The third kappa shape index (κ3) is 4.33. The monoisotopic (exact) mass is 303 g/mol. The van der Waals surface area contributed by atoms with Crippen molar-refractivity contribution < 1.29 is 9.18 Å². The minimum Gasteiger partial charge on any atom is -0.348 e. The second-order valence-electron chi connectivity index (χ2n) is 4.90. The predicted octanol–water partition coefficient (Wildman–Crippen LogP) is 3.93. The number of carbonyl (C=O) groups is 1. The molecule has 1 N–H and O–H groups in total. The lowest BCUT2D eigenvalue weighted by molar-refractivity contribution is 0.0950. The average molecular weight is 303 g/mol. The summed E-state index contributed by atoms with van der Waals surface area (Å²) in [5, 5.41) is 2.82. The van der Waals surface area contributed by atoms with Crippen LogP contribution < -0.4 is 5.32 Å². The van der Waals surface area contributed by atoms with Gasteiger partial charge in [-0.3, -0.25) is 4.79 Å².